The Bertz CT molecular complexity index is 1100. The lowest BCUT2D eigenvalue weighted by Gasteiger charge is -2.26. The number of carbonyl (C=O) groups is 1. The number of aromatic nitrogens is 2. The summed E-state index contributed by atoms with van der Waals surface area (Å²) in [5.41, 5.74) is 3.42. The largest absolute Gasteiger partial charge is 0.508 e. The number of carbonyl (C=O) groups excluding carboxylic acids is 1. The Balaban J connectivity index is 1.48. The van der Waals surface area contributed by atoms with Crippen LogP contribution >= 0.6 is 0 Å². The van der Waals surface area contributed by atoms with E-state index in [0.29, 0.717) is 23.4 Å². The molecule has 3 aromatic rings. The van der Waals surface area contributed by atoms with Gasteiger partial charge in [0.25, 0.3) is 5.91 Å². The van der Waals surface area contributed by atoms with E-state index in [1.807, 2.05) is 30.5 Å². The van der Waals surface area contributed by atoms with Gasteiger partial charge < -0.3 is 20.3 Å². The Labute approximate surface area is 193 Å². The number of benzene rings is 2. The molecule has 0 bridgehead atoms. The molecule has 0 spiro atoms. The number of nitrogens with one attached hydrogen (secondary N) is 1. The van der Waals surface area contributed by atoms with Crippen molar-refractivity contribution in [2.75, 3.05) is 39.4 Å². The molecule has 1 aliphatic heterocycles. The highest BCUT2D eigenvalue weighted by Gasteiger charge is 2.17. The van der Waals surface area contributed by atoms with Gasteiger partial charge in [0.2, 0.25) is 0 Å². The summed E-state index contributed by atoms with van der Waals surface area (Å²) in [6.45, 7) is 8.64. The van der Waals surface area contributed by atoms with Crippen LogP contribution in [0.4, 0.5) is 0 Å². The molecule has 2 heterocycles. The normalized spacial score (nSPS) is 14.5. The van der Waals surface area contributed by atoms with Crippen LogP contribution < -0.4 is 5.32 Å². The van der Waals surface area contributed by atoms with Gasteiger partial charge in [0.05, 0.1) is 31.4 Å². The second-order valence-electron chi connectivity index (χ2n) is 8.49. The van der Waals surface area contributed by atoms with E-state index < -0.39 is 0 Å². The summed E-state index contributed by atoms with van der Waals surface area (Å²) < 4.78 is 7.19. The standard InChI is InChI=1S/C25H30N4O4/c1-17(2)20-13-21(24(31)14-23(20)30)22-15-26-16-29(22)19-5-3-18(4-6-19)25(32)27-7-8-28-9-11-33-12-10-28/h3-6,13-17,30-31H,7-12H2,1-2H3,(H,27,32). The predicted molar refractivity (Wildman–Crippen MR) is 126 cm³/mol. The summed E-state index contributed by atoms with van der Waals surface area (Å²) in [5.74, 6) is 0.0383. The molecule has 3 N–H and O–H groups in total. The molecule has 1 aromatic heterocycles. The Morgan fingerprint density at radius 2 is 1.85 bits per heavy atom. The molecule has 2 aromatic carbocycles. The predicted octanol–water partition coefficient (Wildman–Crippen LogP) is 3.14. The van der Waals surface area contributed by atoms with Crippen molar-refractivity contribution in [3.63, 3.8) is 0 Å². The fraction of sp³-hybridized carbons (Fsp3) is 0.360. The lowest BCUT2D eigenvalue weighted by atomic mass is 9.97. The van der Waals surface area contributed by atoms with Crippen LogP contribution in [0, 0.1) is 0 Å². The van der Waals surface area contributed by atoms with Crippen LogP contribution in [0.2, 0.25) is 0 Å². The quantitative estimate of drug-likeness (QED) is 0.511. The lowest BCUT2D eigenvalue weighted by Crippen LogP contribution is -2.41. The number of imidazole rings is 1. The summed E-state index contributed by atoms with van der Waals surface area (Å²) >= 11 is 0. The number of rotatable bonds is 7. The maximum atomic E-state index is 12.5. The monoisotopic (exact) mass is 450 g/mol. The van der Waals surface area contributed by atoms with Crippen molar-refractivity contribution in [1.29, 1.82) is 0 Å². The maximum absolute atomic E-state index is 12.5. The molecule has 1 fully saturated rings. The smallest absolute Gasteiger partial charge is 0.251 e. The van der Waals surface area contributed by atoms with Crippen LogP contribution in [0.5, 0.6) is 11.5 Å². The molecular weight excluding hydrogens is 420 g/mol. The second-order valence-corrected chi connectivity index (χ2v) is 8.49. The van der Waals surface area contributed by atoms with Crippen LogP contribution in [-0.2, 0) is 4.74 Å². The molecule has 174 valence electrons. The number of aromatic hydroxyl groups is 2. The number of amides is 1. The highest BCUT2D eigenvalue weighted by molar-refractivity contribution is 5.94. The van der Waals surface area contributed by atoms with Crippen LogP contribution in [0.3, 0.4) is 0 Å². The average molecular weight is 451 g/mol. The zero-order chi connectivity index (χ0) is 23.4. The fourth-order valence-corrected chi connectivity index (χ4v) is 3.99. The molecule has 0 atom stereocenters. The number of ether oxygens (including phenoxy) is 1. The summed E-state index contributed by atoms with van der Waals surface area (Å²) in [6, 6.07) is 10.4. The van der Waals surface area contributed by atoms with Crippen LogP contribution in [0.1, 0.15) is 35.7 Å². The maximum Gasteiger partial charge on any atom is 0.251 e. The molecular formula is C25H30N4O4. The molecule has 1 amide bonds. The number of hydrogen-bond donors (Lipinski definition) is 3. The first-order chi connectivity index (χ1) is 15.9. The fourth-order valence-electron chi connectivity index (χ4n) is 3.99. The van der Waals surface area contributed by atoms with Crippen LogP contribution in [-0.4, -0.2) is 70.0 Å². The molecule has 8 heteroatoms. The first-order valence-corrected chi connectivity index (χ1v) is 11.2. The minimum atomic E-state index is -0.113. The molecule has 8 nitrogen and oxygen atoms in total. The van der Waals surface area contributed by atoms with E-state index in [1.54, 1.807) is 30.7 Å². The Kier molecular flexibility index (Phi) is 6.96. The number of phenolic OH excluding ortho intramolecular Hbond substituents is 2. The van der Waals surface area contributed by atoms with E-state index in [-0.39, 0.29) is 23.3 Å². The summed E-state index contributed by atoms with van der Waals surface area (Å²) in [6.07, 6.45) is 3.33. The molecule has 1 saturated heterocycles. The minimum Gasteiger partial charge on any atom is -0.508 e. The Morgan fingerprint density at radius 3 is 2.55 bits per heavy atom. The van der Waals surface area contributed by atoms with Crippen molar-refractivity contribution in [1.82, 2.24) is 19.8 Å². The van der Waals surface area contributed by atoms with Gasteiger partial charge in [0.1, 0.15) is 11.5 Å². The third kappa shape index (κ3) is 5.18. The molecule has 1 aliphatic rings. The molecule has 0 saturated carbocycles. The molecule has 4 rings (SSSR count). The molecule has 0 radical (unpaired) electrons. The number of phenols is 2. The first-order valence-electron chi connectivity index (χ1n) is 11.2. The third-order valence-corrected chi connectivity index (χ3v) is 5.91. The van der Waals surface area contributed by atoms with E-state index in [9.17, 15) is 15.0 Å². The van der Waals surface area contributed by atoms with Gasteiger partial charge in [-0.15, -0.1) is 0 Å². The zero-order valence-corrected chi connectivity index (χ0v) is 19.0. The van der Waals surface area contributed by atoms with Crippen molar-refractivity contribution >= 4 is 5.91 Å². The lowest BCUT2D eigenvalue weighted by molar-refractivity contribution is 0.0383. The van der Waals surface area contributed by atoms with Crippen molar-refractivity contribution < 1.29 is 19.7 Å². The number of morpholine rings is 1. The summed E-state index contributed by atoms with van der Waals surface area (Å²) in [5, 5.41) is 23.6. The number of nitrogens with zero attached hydrogens (tertiary/aromatic N) is 3. The van der Waals surface area contributed by atoms with Crippen LogP contribution in [0.15, 0.2) is 48.9 Å². The van der Waals surface area contributed by atoms with Gasteiger partial charge in [-0.05, 0) is 41.8 Å². The van der Waals surface area contributed by atoms with E-state index in [1.165, 1.54) is 6.07 Å². The van der Waals surface area contributed by atoms with Gasteiger partial charge in [0.15, 0.2) is 0 Å². The molecule has 0 unspecified atom stereocenters. The summed E-state index contributed by atoms with van der Waals surface area (Å²) in [7, 11) is 0. The van der Waals surface area contributed by atoms with Gasteiger partial charge in [-0.1, -0.05) is 13.8 Å². The Morgan fingerprint density at radius 1 is 1.12 bits per heavy atom. The van der Waals surface area contributed by atoms with E-state index >= 15 is 0 Å². The SMILES string of the molecule is CC(C)c1cc(-c2cncn2-c2ccc(C(=O)NCCN3CCOCC3)cc2)c(O)cc1O. The average Bonchev–Trinajstić information content (AvgIpc) is 3.29. The van der Waals surface area contributed by atoms with E-state index in [0.717, 1.165) is 44.1 Å². The first kappa shape index (κ1) is 22.8. The minimum absolute atomic E-state index is 0.0186. The summed E-state index contributed by atoms with van der Waals surface area (Å²) in [4.78, 5) is 19.0. The zero-order valence-electron chi connectivity index (χ0n) is 19.0. The number of hydrogen-bond acceptors (Lipinski definition) is 6. The van der Waals surface area contributed by atoms with E-state index in [2.05, 4.69) is 15.2 Å². The highest BCUT2D eigenvalue weighted by Crippen LogP contribution is 2.38. The van der Waals surface area contributed by atoms with Gasteiger partial charge in [-0.2, -0.15) is 0 Å². The van der Waals surface area contributed by atoms with Gasteiger partial charge >= 0.3 is 0 Å². The van der Waals surface area contributed by atoms with E-state index in [4.69, 9.17) is 4.74 Å². The van der Waals surface area contributed by atoms with Gasteiger partial charge in [0, 0.05) is 49.1 Å². The van der Waals surface area contributed by atoms with Crippen molar-refractivity contribution in [2.45, 2.75) is 19.8 Å². The topological polar surface area (TPSA) is 99.9 Å². The third-order valence-electron chi connectivity index (χ3n) is 5.91. The second kappa shape index (κ2) is 10.1. The van der Waals surface area contributed by atoms with Crippen molar-refractivity contribution in [3.05, 3.63) is 60.0 Å². The van der Waals surface area contributed by atoms with Gasteiger partial charge in [-0.3, -0.25) is 14.3 Å². The Hall–Kier alpha value is -3.36. The van der Waals surface area contributed by atoms with Gasteiger partial charge in [-0.25, -0.2) is 4.98 Å². The van der Waals surface area contributed by atoms with Crippen LogP contribution in [0.25, 0.3) is 16.9 Å². The molecule has 33 heavy (non-hydrogen) atoms. The molecule has 0 aliphatic carbocycles. The van der Waals surface area contributed by atoms with Crippen molar-refractivity contribution in [3.8, 4) is 28.4 Å². The highest BCUT2D eigenvalue weighted by atomic mass is 16.5. The van der Waals surface area contributed by atoms with Crippen molar-refractivity contribution in [2.24, 2.45) is 0 Å².